The van der Waals surface area contributed by atoms with Crippen LogP contribution in [0, 0.1) is 11.3 Å². The van der Waals surface area contributed by atoms with E-state index in [0.29, 0.717) is 25.9 Å². The number of nitrogens with one attached hydrogen (secondary N) is 1. The van der Waals surface area contributed by atoms with Gasteiger partial charge in [-0.05, 0) is 31.5 Å². The highest BCUT2D eigenvalue weighted by Gasteiger charge is 2.36. The van der Waals surface area contributed by atoms with E-state index in [0.717, 1.165) is 12.1 Å². The van der Waals surface area contributed by atoms with E-state index < -0.39 is 17.3 Å². The zero-order valence-electron chi connectivity index (χ0n) is 13.0. The van der Waals surface area contributed by atoms with Gasteiger partial charge in [0.25, 0.3) is 0 Å². The van der Waals surface area contributed by atoms with E-state index in [9.17, 15) is 18.0 Å². The van der Waals surface area contributed by atoms with Crippen LogP contribution < -0.4 is 5.32 Å². The molecule has 0 spiro atoms. The number of likely N-dealkylation sites (tertiary alicyclic amines) is 1. The minimum atomic E-state index is -4.51. The van der Waals surface area contributed by atoms with Gasteiger partial charge in [-0.25, -0.2) is 0 Å². The number of nitrogens with zero attached hydrogens (tertiary/aromatic N) is 2. The van der Waals surface area contributed by atoms with Gasteiger partial charge in [0.2, 0.25) is 5.91 Å². The molecule has 0 aromatic heterocycles. The number of rotatable bonds is 3. The first kappa shape index (κ1) is 17.1. The summed E-state index contributed by atoms with van der Waals surface area (Å²) in [6.45, 7) is 4.64. The number of hydrogen-bond acceptors (Lipinski definition) is 3. The van der Waals surface area contributed by atoms with Crippen molar-refractivity contribution in [2.24, 2.45) is 0 Å². The highest BCUT2D eigenvalue weighted by atomic mass is 19.4. The number of alkyl halides is 3. The molecule has 0 saturated carbocycles. The molecule has 2 rings (SSSR count). The third-order valence-corrected chi connectivity index (χ3v) is 3.96. The minimum absolute atomic E-state index is 0.0253. The van der Waals surface area contributed by atoms with E-state index in [1.54, 1.807) is 17.9 Å². The SMILES string of the molecule is CCC(=O)N1CCC(C)(Nc2cc(C#N)cc(C(F)(F)F)c2)C1. The number of halogens is 3. The molecule has 23 heavy (non-hydrogen) atoms. The molecule has 1 amide bonds. The second kappa shape index (κ2) is 6.11. The molecule has 7 heteroatoms. The van der Waals surface area contributed by atoms with Crippen LogP contribution in [-0.2, 0) is 11.0 Å². The molecule has 0 bridgehead atoms. The van der Waals surface area contributed by atoms with Crippen molar-refractivity contribution in [3.63, 3.8) is 0 Å². The third-order valence-electron chi connectivity index (χ3n) is 3.96. The van der Waals surface area contributed by atoms with Crippen molar-refractivity contribution in [1.82, 2.24) is 4.90 Å². The van der Waals surface area contributed by atoms with Crippen LogP contribution in [0.4, 0.5) is 18.9 Å². The van der Waals surface area contributed by atoms with Gasteiger partial charge in [0, 0.05) is 25.2 Å². The molecule has 1 fully saturated rings. The second-order valence-corrected chi connectivity index (χ2v) is 6.01. The first-order chi connectivity index (χ1) is 10.7. The van der Waals surface area contributed by atoms with E-state index in [2.05, 4.69) is 5.32 Å². The molecule has 1 heterocycles. The van der Waals surface area contributed by atoms with Crippen molar-refractivity contribution in [3.05, 3.63) is 29.3 Å². The van der Waals surface area contributed by atoms with Crippen LogP contribution in [0.15, 0.2) is 18.2 Å². The molecule has 1 aromatic carbocycles. The van der Waals surface area contributed by atoms with Crippen LogP contribution in [0.1, 0.15) is 37.8 Å². The number of carbonyl (C=O) groups excluding carboxylic acids is 1. The van der Waals surface area contributed by atoms with Crippen molar-refractivity contribution in [2.45, 2.75) is 38.4 Å². The molecule has 0 radical (unpaired) electrons. The van der Waals surface area contributed by atoms with E-state index in [1.807, 2.05) is 6.92 Å². The highest BCUT2D eigenvalue weighted by Crippen LogP contribution is 2.33. The molecule has 0 aliphatic carbocycles. The Morgan fingerprint density at radius 1 is 1.43 bits per heavy atom. The Bertz CT molecular complexity index is 651. The Morgan fingerprint density at radius 3 is 2.70 bits per heavy atom. The van der Waals surface area contributed by atoms with Gasteiger partial charge in [-0.3, -0.25) is 4.79 Å². The van der Waals surface area contributed by atoms with Crippen LogP contribution in [0.2, 0.25) is 0 Å². The maximum Gasteiger partial charge on any atom is 0.416 e. The molecule has 4 nitrogen and oxygen atoms in total. The lowest BCUT2D eigenvalue weighted by atomic mass is 10.00. The number of nitriles is 1. The fourth-order valence-corrected chi connectivity index (χ4v) is 2.78. The van der Waals surface area contributed by atoms with Gasteiger partial charge >= 0.3 is 6.18 Å². The topological polar surface area (TPSA) is 56.1 Å². The van der Waals surface area contributed by atoms with Crippen molar-refractivity contribution < 1.29 is 18.0 Å². The quantitative estimate of drug-likeness (QED) is 0.927. The predicted octanol–water partition coefficient (Wildman–Crippen LogP) is 3.39. The van der Waals surface area contributed by atoms with Crippen molar-refractivity contribution in [2.75, 3.05) is 18.4 Å². The Labute approximate surface area is 132 Å². The van der Waals surface area contributed by atoms with Crippen molar-refractivity contribution in [1.29, 1.82) is 5.26 Å². The van der Waals surface area contributed by atoms with Gasteiger partial charge in [0.1, 0.15) is 0 Å². The molecule has 1 unspecified atom stereocenters. The summed E-state index contributed by atoms with van der Waals surface area (Å²) < 4.78 is 38.8. The van der Waals surface area contributed by atoms with Gasteiger partial charge < -0.3 is 10.2 Å². The van der Waals surface area contributed by atoms with E-state index >= 15 is 0 Å². The number of benzene rings is 1. The Kier molecular flexibility index (Phi) is 4.55. The fourth-order valence-electron chi connectivity index (χ4n) is 2.78. The summed E-state index contributed by atoms with van der Waals surface area (Å²) in [6, 6.07) is 4.97. The molecular formula is C16H18F3N3O. The average Bonchev–Trinajstić information content (AvgIpc) is 2.87. The fraction of sp³-hybridized carbons (Fsp3) is 0.500. The molecule has 1 N–H and O–H groups in total. The Morgan fingerprint density at radius 2 is 2.13 bits per heavy atom. The summed E-state index contributed by atoms with van der Waals surface area (Å²) in [6.07, 6.45) is -3.47. The maximum absolute atomic E-state index is 12.9. The molecule has 1 atom stereocenters. The molecule has 1 aliphatic rings. The van der Waals surface area contributed by atoms with E-state index in [4.69, 9.17) is 5.26 Å². The van der Waals surface area contributed by atoms with Crippen LogP contribution in [0.3, 0.4) is 0 Å². The highest BCUT2D eigenvalue weighted by molar-refractivity contribution is 5.76. The number of anilines is 1. The van der Waals surface area contributed by atoms with E-state index in [-0.39, 0.29) is 17.2 Å². The zero-order chi connectivity index (χ0) is 17.3. The van der Waals surface area contributed by atoms with Gasteiger partial charge in [0.05, 0.1) is 22.7 Å². The monoisotopic (exact) mass is 325 g/mol. The predicted molar refractivity (Wildman–Crippen MR) is 79.7 cm³/mol. The molecule has 1 aliphatic heterocycles. The first-order valence-corrected chi connectivity index (χ1v) is 7.35. The van der Waals surface area contributed by atoms with Crippen LogP contribution in [0.5, 0.6) is 0 Å². The lowest BCUT2D eigenvalue weighted by molar-refractivity contribution is -0.137. The average molecular weight is 325 g/mol. The van der Waals surface area contributed by atoms with Gasteiger partial charge in [0.15, 0.2) is 0 Å². The van der Waals surface area contributed by atoms with Crippen LogP contribution in [0.25, 0.3) is 0 Å². The van der Waals surface area contributed by atoms with E-state index in [1.165, 1.54) is 6.07 Å². The lowest BCUT2D eigenvalue weighted by Gasteiger charge is -2.28. The lowest BCUT2D eigenvalue weighted by Crippen LogP contribution is -2.39. The standard InChI is InChI=1S/C16H18F3N3O/c1-3-14(23)22-5-4-15(2,10-22)21-13-7-11(9-20)6-12(8-13)16(17,18)19/h6-8,21H,3-5,10H2,1-2H3. The van der Waals surface area contributed by atoms with Crippen LogP contribution >= 0.6 is 0 Å². The number of amides is 1. The second-order valence-electron chi connectivity index (χ2n) is 6.01. The number of hydrogen-bond donors (Lipinski definition) is 1. The molecule has 1 saturated heterocycles. The zero-order valence-corrected chi connectivity index (χ0v) is 13.0. The summed E-state index contributed by atoms with van der Waals surface area (Å²) >= 11 is 0. The molecule has 124 valence electrons. The summed E-state index contributed by atoms with van der Waals surface area (Å²) in [4.78, 5) is 13.4. The molecular weight excluding hydrogens is 307 g/mol. The van der Waals surface area contributed by atoms with Crippen molar-refractivity contribution in [3.8, 4) is 6.07 Å². The van der Waals surface area contributed by atoms with Gasteiger partial charge in [-0.15, -0.1) is 0 Å². The first-order valence-electron chi connectivity index (χ1n) is 7.35. The minimum Gasteiger partial charge on any atom is -0.378 e. The Balaban J connectivity index is 2.23. The van der Waals surface area contributed by atoms with Crippen molar-refractivity contribution >= 4 is 11.6 Å². The largest absolute Gasteiger partial charge is 0.416 e. The number of carbonyl (C=O) groups is 1. The Hall–Kier alpha value is -2.23. The summed E-state index contributed by atoms with van der Waals surface area (Å²) in [5.74, 6) is 0.0253. The van der Waals surface area contributed by atoms with Gasteiger partial charge in [-0.2, -0.15) is 18.4 Å². The smallest absolute Gasteiger partial charge is 0.378 e. The summed E-state index contributed by atoms with van der Waals surface area (Å²) in [7, 11) is 0. The van der Waals surface area contributed by atoms with Gasteiger partial charge in [-0.1, -0.05) is 6.92 Å². The maximum atomic E-state index is 12.9. The third kappa shape index (κ3) is 3.95. The van der Waals surface area contributed by atoms with Crippen LogP contribution in [-0.4, -0.2) is 29.4 Å². The summed E-state index contributed by atoms with van der Waals surface area (Å²) in [5.41, 5.74) is -1.18. The summed E-state index contributed by atoms with van der Waals surface area (Å²) in [5, 5.41) is 12.0. The molecule has 1 aromatic rings. The normalized spacial score (nSPS) is 21.1.